The number of urea groups is 1. The number of carbonyl (C=O) groups is 2. The second kappa shape index (κ2) is 6.04. The van der Waals surface area contributed by atoms with Crippen molar-refractivity contribution in [3.63, 3.8) is 0 Å². The standard InChI is InChI=1S/C13H16N2O4S/c1-9-3-2-4-10(11(9)12(16)17)14-13(18)15-5-7-20(19)8-6-15/h2-4H,5-8H2,1H3,(H,14,18)(H,16,17). The predicted octanol–water partition coefficient (Wildman–Crippen LogP) is 1.29. The maximum Gasteiger partial charge on any atom is 0.338 e. The highest BCUT2D eigenvalue weighted by Crippen LogP contribution is 2.20. The van der Waals surface area contributed by atoms with E-state index < -0.39 is 16.8 Å². The van der Waals surface area contributed by atoms with Gasteiger partial charge in [0, 0.05) is 35.4 Å². The Morgan fingerprint density at radius 1 is 1.30 bits per heavy atom. The van der Waals surface area contributed by atoms with Crippen LogP contribution in [0, 0.1) is 6.92 Å². The van der Waals surface area contributed by atoms with Gasteiger partial charge in [0.05, 0.1) is 11.3 Å². The molecule has 0 aromatic heterocycles. The minimum atomic E-state index is -1.07. The summed E-state index contributed by atoms with van der Waals surface area (Å²) in [6.45, 7) is 2.53. The molecule has 0 spiro atoms. The number of aromatic carboxylic acids is 1. The maximum atomic E-state index is 12.1. The third kappa shape index (κ3) is 3.16. The van der Waals surface area contributed by atoms with Gasteiger partial charge in [0.25, 0.3) is 0 Å². The number of carbonyl (C=O) groups excluding carboxylic acids is 1. The van der Waals surface area contributed by atoms with Gasteiger partial charge in [-0.1, -0.05) is 12.1 Å². The Morgan fingerprint density at radius 3 is 2.55 bits per heavy atom. The molecule has 2 rings (SSSR count). The van der Waals surface area contributed by atoms with Crippen LogP contribution in [-0.4, -0.2) is 50.8 Å². The highest BCUT2D eigenvalue weighted by Gasteiger charge is 2.22. The first-order valence-corrected chi connectivity index (χ1v) is 7.71. The van der Waals surface area contributed by atoms with Crippen LogP contribution in [0.25, 0.3) is 0 Å². The van der Waals surface area contributed by atoms with Gasteiger partial charge in [0.15, 0.2) is 0 Å². The number of hydrogen-bond donors (Lipinski definition) is 2. The Kier molecular flexibility index (Phi) is 4.39. The second-order valence-corrected chi connectivity index (χ2v) is 6.26. The number of aryl methyl sites for hydroxylation is 1. The zero-order valence-electron chi connectivity index (χ0n) is 11.1. The molecule has 1 fully saturated rings. The SMILES string of the molecule is Cc1cccc(NC(=O)N2CCS(=O)CC2)c1C(=O)O. The van der Waals surface area contributed by atoms with Crippen molar-refractivity contribution < 1.29 is 18.9 Å². The van der Waals surface area contributed by atoms with Crippen molar-refractivity contribution in [2.24, 2.45) is 0 Å². The fraction of sp³-hybridized carbons (Fsp3) is 0.385. The van der Waals surface area contributed by atoms with Gasteiger partial charge < -0.3 is 15.3 Å². The average Bonchev–Trinajstić information content (AvgIpc) is 2.39. The molecule has 7 heteroatoms. The Labute approximate surface area is 119 Å². The third-order valence-corrected chi connectivity index (χ3v) is 4.47. The third-order valence-electron chi connectivity index (χ3n) is 3.19. The smallest absolute Gasteiger partial charge is 0.338 e. The summed E-state index contributed by atoms with van der Waals surface area (Å²) in [6.07, 6.45) is 0. The minimum Gasteiger partial charge on any atom is -0.478 e. The molecule has 0 unspecified atom stereocenters. The largest absolute Gasteiger partial charge is 0.478 e. The number of carboxylic acid groups (broad SMARTS) is 1. The van der Waals surface area contributed by atoms with Crippen LogP contribution in [0.2, 0.25) is 0 Å². The van der Waals surface area contributed by atoms with Crippen LogP contribution in [0.4, 0.5) is 10.5 Å². The first-order chi connectivity index (χ1) is 9.49. The van der Waals surface area contributed by atoms with Gasteiger partial charge in [0.1, 0.15) is 0 Å². The number of anilines is 1. The van der Waals surface area contributed by atoms with Crippen molar-refractivity contribution in [2.75, 3.05) is 29.9 Å². The summed E-state index contributed by atoms with van der Waals surface area (Å²) in [7, 11) is -0.855. The van der Waals surface area contributed by atoms with Crippen molar-refractivity contribution in [1.29, 1.82) is 0 Å². The summed E-state index contributed by atoms with van der Waals surface area (Å²) >= 11 is 0. The summed E-state index contributed by atoms with van der Waals surface area (Å²) in [5, 5.41) is 11.8. The van der Waals surface area contributed by atoms with Crippen LogP contribution < -0.4 is 5.32 Å². The molecule has 1 aliphatic rings. The maximum absolute atomic E-state index is 12.1. The second-order valence-electron chi connectivity index (χ2n) is 4.57. The number of rotatable bonds is 2. The first-order valence-electron chi connectivity index (χ1n) is 6.23. The zero-order chi connectivity index (χ0) is 14.7. The summed E-state index contributed by atoms with van der Waals surface area (Å²) in [4.78, 5) is 24.9. The van der Waals surface area contributed by atoms with Gasteiger partial charge in [-0.05, 0) is 18.6 Å². The van der Waals surface area contributed by atoms with Crippen molar-refractivity contribution in [3.8, 4) is 0 Å². The van der Waals surface area contributed by atoms with E-state index in [0.29, 0.717) is 30.2 Å². The van der Waals surface area contributed by atoms with E-state index in [1.165, 1.54) is 0 Å². The molecule has 2 amide bonds. The number of carboxylic acids is 1. The fourth-order valence-corrected chi connectivity index (χ4v) is 3.14. The number of hydrogen-bond acceptors (Lipinski definition) is 3. The van der Waals surface area contributed by atoms with Gasteiger partial charge in [-0.15, -0.1) is 0 Å². The van der Waals surface area contributed by atoms with Crippen molar-refractivity contribution in [2.45, 2.75) is 6.92 Å². The van der Waals surface area contributed by atoms with E-state index in [2.05, 4.69) is 5.32 Å². The monoisotopic (exact) mass is 296 g/mol. The lowest BCUT2D eigenvalue weighted by molar-refractivity contribution is 0.0697. The van der Waals surface area contributed by atoms with Crippen LogP contribution >= 0.6 is 0 Å². The summed E-state index contributed by atoms with van der Waals surface area (Å²) in [6, 6.07) is 4.59. The first kappa shape index (κ1) is 14.5. The molecule has 1 aromatic carbocycles. The number of amides is 2. The quantitative estimate of drug-likeness (QED) is 0.861. The molecule has 20 heavy (non-hydrogen) atoms. The average molecular weight is 296 g/mol. The molecular weight excluding hydrogens is 280 g/mol. The number of nitrogens with zero attached hydrogens (tertiary/aromatic N) is 1. The minimum absolute atomic E-state index is 0.0986. The lowest BCUT2D eigenvalue weighted by atomic mass is 10.1. The van der Waals surface area contributed by atoms with Crippen molar-refractivity contribution >= 4 is 28.5 Å². The van der Waals surface area contributed by atoms with E-state index in [4.69, 9.17) is 0 Å². The predicted molar refractivity (Wildman–Crippen MR) is 76.6 cm³/mol. The van der Waals surface area contributed by atoms with Crippen LogP contribution in [0.3, 0.4) is 0 Å². The highest BCUT2D eigenvalue weighted by molar-refractivity contribution is 7.85. The van der Waals surface area contributed by atoms with Gasteiger partial charge in [-0.2, -0.15) is 0 Å². The number of benzene rings is 1. The molecule has 1 heterocycles. The number of nitrogens with one attached hydrogen (secondary N) is 1. The summed E-state index contributed by atoms with van der Waals surface area (Å²) in [5.74, 6) is -0.141. The molecule has 0 aliphatic carbocycles. The van der Waals surface area contributed by atoms with Crippen molar-refractivity contribution in [1.82, 2.24) is 4.90 Å². The molecule has 0 saturated carbocycles. The summed E-state index contributed by atoms with van der Waals surface area (Å²) < 4.78 is 11.3. The molecule has 2 N–H and O–H groups in total. The normalized spacial score (nSPS) is 15.9. The highest BCUT2D eigenvalue weighted by atomic mass is 32.2. The molecule has 0 radical (unpaired) electrons. The Morgan fingerprint density at radius 2 is 1.95 bits per heavy atom. The van der Waals surface area contributed by atoms with Gasteiger partial charge in [-0.3, -0.25) is 4.21 Å². The topological polar surface area (TPSA) is 86.7 Å². The fourth-order valence-electron chi connectivity index (χ4n) is 2.09. The molecule has 0 atom stereocenters. The van der Waals surface area contributed by atoms with Crippen LogP contribution in [0.1, 0.15) is 15.9 Å². The zero-order valence-corrected chi connectivity index (χ0v) is 11.9. The molecule has 1 saturated heterocycles. The molecule has 0 bridgehead atoms. The van der Waals surface area contributed by atoms with E-state index in [-0.39, 0.29) is 17.3 Å². The van der Waals surface area contributed by atoms with Gasteiger partial charge in [0.2, 0.25) is 0 Å². The van der Waals surface area contributed by atoms with Crippen LogP contribution in [-0.2, 0) is 10.8 Å². The lowest BCUT2D eigenvalue weighted by Crippen LogP contribution is -2.44. The van der Waals surface area contributed by atoms with Gasteiger partial charge >= 0.3 is 12.0 Å². The lowest BCUT2D eigenvalue weighted by Gasteiger charge is -2.26. The van der Waals surface area contributed by atoms with Crippen molar-refractivity contribution in [3.05, 3.63) is 29.3 Å². The van der Waals surface area contributed by atoms with Crippen LogP contribution in [0.15, 0.2) is 18.2 Å². The molecule has 1 aromatic rings. The Hall–Kier alpha value is -1.89. The molecule has 1 aliphatic heterocycles. The van der Waals surface area contributed by atoms with E-state index in [9.17, 15) is 18.9 Å². The Bertz CT molecular complexity index is 563. The van der Waals surface area contributed by atoms with E-state index in [1.807, 2.05) is 0 Å². The molecular formula is C13H16N2O4S. The molecule has 108 valence electrons. The van der Waals surface area contributed by atoms with E-state index >= 15 is 0 Å². The summed E-state index contributed by atoms with van der Waals surface area (Å²) in [5.41, 5.74) is 0.977. The van der Waals surface area contributed by atoms with E-state index in [1.54, 1.807) is 30.0 Å². The Balaban J connectivity index is 2.14. The van der Waals surface area contributed by atoms with Crippen LogP contribution in [0.5, 0.6) is 0 Å². The van der Waals surface area contributed by atoms with Gasteiger partial charge in [-0.25, -0.2) is 9.59 Å². The molecule has 6 nitrogen and oxygen atoms in total. The van der Waals surface area contributed by atoms with E-state index in [0.717, 1.165) is 0 Å².